The maximum Gasteiger partial charge on any atom is 0.360 e. The third-order valence-corrected chi connectivity index (χ3v) is 3.39. The van der Waals surface area contributed by atoms with Crippen LogP contribution < -0.4 is 16.2 Å². The predicted octanol–water partition coefficient (Wildman–Crippen LogP) is 0.151. The van der Waals surface area contributed by atoms with Gasteiger partial charge in [-0.25, -0.2) is 9.59 Å². The summed E-state index contributed by atoms with van der Waals surface area (Å²) in [6.07, 6.45) is 0. The molecule has 0 saturated heterocycles. The minimum absolute atomic E-state index is 0.242. The highest BCUT2D eigenvalue weighted by Crippen LogP contribution is 2.26. The number of nitrogens with one attached hydrogen (secondary N) is 3. The molecule has 0 spiro atoms. The number of halogens is 1. The Kier molecular flexibility index (Phi) is 4.14. The first-order valence-corrected chi connectivity index (χ1v) is 6.56. The van der Waals surface area contributed by atoms with Gasteiger partial charge in [0, 0.05) is 10.2 Å². The van der Waals surface area contributed by atoms with E-state index in [4.69, 9.17) is 0 Å². The van der Waals surface area contributed by atoms with E-state index < -0.39 is 23.5 Å². The Morgan fingerprint density at radius 1 is 1.19 bits per heavy atom. The van der Waals surface area contributed by atoms with Crippen molar-refractivity contribution in [1.82, 2.24) is 10.9 Å². The predicted molar refractivity (Wildman–Crippen MR) is 75.1 cm³/mol. The molecule has 0 radical (unpaired) electrons. The van der Waals surface area contributed by atoms with Crippen LogP contribution in [0.3, 0.4) is 0 Å². The van der Waals surface area contributed by atoms with Crippen LogP contribution in [-0.2, 0) is 19.1 Å². The van der Waals surface area contributed by atoms with Gasteiger partial charge in [-0.05, 0) is 18.2 Å². The molecule has 0 aliphatic carbocycles. The first-order valence-electron chi connectivity index (χ1n) is 5.76. The topological polar surface area (TPSA) is 106 Å². The van der Waals surface area contributed by atoms with E-state index in [1.165, 1.54) is 0 Å². The number of ether oxygens (including phenoxy) is 2. The molecule has 1 aliphatic heterocycles. The zero-order valence-corrected chi connectivity index (χ0v) is 12.7. The first-order chi connectivity index (χ1) is 9.94. The number of esters is 2. The number of carbonyl (C=O) groups excluding carboxylic acids is 3. The van der Waals surface area contributed by atoms with Crippen LogP contribution in [0.1, 0.15) is 10.4 Å². The molecule has 112 valence electrons. The van der Waals surface area contributed by atoms with Crippen LogP contribution in [0.15, 0.2) is 22.7 Å². The highest BCUT2D eigenvalue weighted by atomic mass is 79.9. The van der Waals surface area contributed by atoms with Crippen LogP contribution in [0.2, 0.25) is 0 Å². The summed E-state index contributed by atoms with van der Waals surface area (Å²) < 4.78 is 9.91. The average molecular weight is 358 g/mol. The Bertz CT molecular complexity index is 603. The number of fused-ring (bicyclic) bond motifs is 1. The van der Waals surface area contributed by atoms with Gasteiger partial charge in [0.15, 0.2) is 0 Å². The van der Waals surface area contributed by atoms with E-state index in [2.05, 4.69) is 41.6 Å². The Labute approximate surface area is 128 Å². The lowest BCUT2D eigenvalue weighted by molar-refractivity contribution is -0.161. The molecule has 0 atom stereocenters. The van der Waals surface area contributed by atoms with Gasteiger partial charge in [-0.1, -0.05) is 15.9 Å². The summed E-state index contributed by atoms with van der Waals surface area (Å²) in [5, 5.41) is 2.67. The second kappa shape index (κ2) is 5.70. The second-order valence-electron chi connectivity index (χ2n) is 4.13. The number of rotatable bonds is 2. The highest BCUT2D eigenvalue weighted by molar-refractivity contribution is 9.10. The summed E-state index contributed by atoms with van der Waals surface area (Å²) in [6, 6.07) is 4.75. The smallest absolute Gasteiger partial charge is 0.360 e. The lowest BCUT2D eigenvalue weighted by atomic mass is 10.1. The molecule has 0 fully saturated rings. The fourth-order valence-electron chi connectivity index (χ4n) is 1.86. The van der Waals surface area contributed by atoms with E-state index in [0.717, 1.165) is 14.2 Å². The summed E-state index contributed by atoms with van der Waals surface area (Å²) in [7, 11) is 2.23. The van der Waals surface area contributed by atoms with Crippen LogP contribution in [0, 0.1) is 0 Å². The molecule has 0 aromatic heterocycles. The van der Waals surface area contributed by atoms with Gasteiger partial charge < -0.3 is 14.8 Å². The SMILES string of the molecule is COC(=O)C1(C(=O)OC)NNC(=O)c2cc(Br)ccc2N1. The van der Waals surface area contributed by atoms with E-state index in [-0.39, 0.29) is 11.3 Å². The minimum atomic E-state index is -2.07. The number of methoxy groups -OCH3 is 2. The van der Waals surface area contributed by atoms with Gasteiger partial charge in [0.2, 0.25) is 0 Å². The van der Waals surface area contributed by atoms with Crippen LogP contribution in [0.25, 0.3) is 0 Å². The Morgan fingerprint density at radius 2 is 1.81 bits per heavy atom. The number of amides is 1. The summed E-state index contributed by atoms with van der Waals surface area (Å²) >= 11 is 3.25. The molecule has 1 aliphatic rings. The van der Waals surface area contributed by atoms with Gasteiger partial charge in [-0.15, -0.1) is 0 Å². The van der Waals surface area contributed by atoms with E-state index in [1.807, 2.05) is 0 Å². The summed E-state index contributed by atoms with van der Waals surface area (Å²) in [6.45, 7) is 0. The number of benzene rings is 1. The van der Waals surface area contributed by atoms with Crippen molar-refractivity contribution in [3.63, 3.8) is 0 Å². The summed E-state index contributed by atoms with van der Waals surface area (Å²) in [4.78, 5) is 36.1. The molecular formula is C12H12BrN3O5. The molecule has 0 saturated carbocycles. The zero-order chi connectivity index (χ0) is 15.6. The Balaban J connectivity index is 2.56. The molecule has 1 heterocycles. The lowest BCUT2D eigenvalue weighted by Gasteiger charge is -2.28. The standard InChI is InChI=1S/C12H12BrN3O5/c1-20-10(18)12(11(19)21-2)14-8-4-3-6(13)5-7(8)9(17)15-16-12/h3-5,14,16H,1-2H3,(H,15,17). The number of anilines is 1. The number of hydrazine groups is 1. The van der Waals surface area contributed by atoms with E-state index in [0.29, 0.717) is 4.47 Å². The average Bonchev–Trinajstić information content (AvgIpc) is 2.64. The van der Waals surface area contributed by atoms with Crippen molar-refractivity contribution in [3.8, 4) is 0 Å². The van der Waals surface area contributed by atoms with Crippen LogP contribution in [0.4, 0.5) is 5.69 Å². The molecule has 8 nitrogen and oxygen atoms in total. The van der Waals surface area contributed by atoms with Gasteiger partial charge in [-0.2, -0.15) is 5.43 Å². The first kappa shape index (κ1) is 15.3. The second-order valence-corrected chi connectivity index (χ2v) is 5.04. The van der Waals surface area contributed by atoms with Crippen LogP contribution in [0.5, 0.6) is 0 Å². The minimum Gasteiger partial charge on any atom is -0.466 e. The number of hydrogen-bond acceptors (Lipinski definition) is 7. The largest absolute Gasteiger partial charge is 0.466 e. The van der Waals surface area contributed by atoms with Gasteiger partial charge >= 0.3 is 17.6 Å². The third kappa shape index (κ3) is 2.57. The number of hydrogen-bond donors (Lipinski definition) is 3. The van der Waals surface area contributed by atoms with Gasteiger partial charge in [0.05, 0.1) is 19.8 Å². The Morgan fingerprint density at radius 3 is 2.38 bits per heavy atom. The molecule has 0 unspecified atom stereocenters. The molecule has 2 rings (SSSR count). The highest BCUT2D eigenvalue weighted by Gasteiger charge is 2.51. The number of carbonyl (C=O) groups is 3. The van der Waals surface area contributed by atoms with E-state index in [9.17, 15) is 14.4 Å². The van der Waals surface area contributed by atoms with Crippen molar-refractivity contribution < 1.29 is 23.9 Å². The van der Waals surface area contributed by atoms with E-state index in [1.54, 1.807) is 18.2 Å². The van der Waals surface area contributed by atoms with Gasteiger partial charge in [-0.3, -0.25) is 10.2 Å². The maximum atomic E-state index is 12.0. The molecule has 1 aromatic carbocycles. The fraction of sp³-hybridized carbons (Fsp3) is 0.250. The fourth-order valence-corrected chi connectivity index (χ4v) is 2.22. The normalized spacial score (nSPS) is 15.9. The van der Waals surface area contributed by atoms with Gasteiger partial charge in [0.25, 0.3) is 5.91 Å². The van der Waals surface area contributed by atoms with Crippen molar-refractivity contribution in [2.24, 2.45) is 0 Å². The van der Waals surface area contributed by atoms with Gasteiger partial charge in [0.1, 0.15) is 0 Å². The van der Waals surface area contributed by atoms with Crippen LogP contribution >= 0.6 is 15.9 Å². The van der Waals surface area contributed by atoms with E-state index >= 15 is 0 Å². The van der Waals surface area contributed by atoms with Crippen molar-refractivity contribution in [2.75, 3.05) is 19.5 Å². The molecule has 1 amide bonds. The lowest BCUT2D eigenvalue weighted by Crippen LogP contribution is -2.67. The summed E-state index contributed by atoms with van der Waals surface area (Å²) in [5.74, 6) is -2.43. The molecule has 1 aromatic rings. The third-order valence-electron chi connectivity index (χ3n) is 2.90. The van der Waals surface area contributed by atoms with Crippen LogP contribution in [-0.4, -0.2) is 37.7 Å². The van der Waals surface area contributed by atoms with Crippen molar-refractivity contribution in [1.29, 1.82) is 0 Å². The van der Waals surface area contributed by atoms with Crippen molar-refractivity contribution in [3.05, 3.63) is 28.2 Å². The maximum absolute atomic E-state index is 12.0. The monoisotopic (exact) mass is 357 g/mol. The quantitative estimate of drug-likeness (QED) is 0.511. The molecular weight excluding hydrogens is 346 g/mol. The zero-order valence-electron chi connectivity index (χ0n) is 11.2. The Hall–Kier alpha value is -2.13. The molecule has 21 heavy (non-hydrogen) atoms. The van der Waals surface area contributed by atoms with Crippen molar-refractivity contribution in [2.45, 2.75) is 5.66 Å². The van der Waals surface area contributed by atoms with Crippen molar-refractivity contribution >= 4 is 39.5 Å². The molecule has 9 heteroatoms. The summed E-state index contributed by atoms with van der Waals surface area (Å²) in [5.41, 5.74) is 3.06. The molecule has 0 bridgehead atoms. The molecule has 3 N–H and O–H groups in total.